The lowest BCUT2D eigenvalue weighted by molar-refractivity contribution is -0.694. The van der Waals surface area contributed by atoms with Gasteiger partial charge in [0, 0.05) is 50.4 Å². The molecule has 0 spiro atoms. The molecule has 0 atom stereocenters. The average Bonchev–Trinajstić information content (AvgIpc) is 2.82. The van der Waals surface area contributed by atoms with Crippen molar-refractivity contribution in [3.8, 4) is 5.75 Å². The Bertz CT molecular complexity index is 1160. The Morgan fingerprint density at radius 3 is 2.50 bits per heavy atom. The minimum atomic E-state index is -0.470. The number of nitrogen functional groups attached to an aromatic ring is 1. The highest BCUT2D eigenvalue weighted by atomic mass is 35.5. The van der Waals surface area contributed by atoms with Crippen LogP contribution in [-0.4, -0.2) is 35.6 Å². The molecule has 0 saturated heterocycles. The Kier molecular flexibility index (Phi) is 12.9. The number of pyridine rings is 1. The van der Waals surface area contributed by atoms with Gasteiger partial charge in [-0.3, -0.25) is 4.79 Å². The molecule has 3 aromatic rings. The van der Waals surface area contributed by atoms with Crippen LogP contribution in [0.3, 0.4) is 0 Å². The fraction of sp³-hybridized carbons (Fsp3) is 0.346. The van der Waals surface area contributed by atoms with E-state index < -0.39 is 5.97 Å². The van der Waals surface area contributed by atoms with E-state index in [2.05, 4.69) is 44.5 Å². The van der Waals surface area contributed by atoms with Gasteiger partial charge in [-0.25, -0.2) is 14.8 Å². The summed E-state index contributed by atoms with van der Waals surface area (Å²) in [5.41, 5.74) is 9.06. The van der Waals surface area contributed by atoms with Crippen molar-refractivity contribution in [1.29, 1.82) is 0 Å². The summed E-state index contributed by atoms with van der Waals surface area (Å²) >= 11 is 0. The van der Waals surface area contributed by atoms with Crippen LogP contribution in [0, 0.1) is 6.92 Å². The molecular formula is C26H34ClN5O4. The topological polar surface area (TPSA) is 120 Å². The molecule has 0 bridgehead atoms. The van der Waals surface area contributed by atoms with Crippen molar-refractivity contribution in [2.45, 2.75) is 47.1 Å². The second-order valence-electron chi connectivity index (χ2n) is 7.73. The number of carbonyl (C=O) groups excluding carboxylic acids is 2. The number of ether oxygens (including phenoxy) is 2. The van der Waals surface area contributed by atoms with Gasteiger partial charge in [0.15, 0.2) is 18.4 Å². The minimum absolute atomic E-state index is 0. The average molecular weight is 516 g/mol. The highest BCUT2D eigenvalue weighted by molar-refractivity contribution is 5.94. The van der Waals surface area contributed by atoms with Gasteiger partial charge in [-0.05, 0) is 25.5 Å². The van der Waals surface area contributed by atoms with Crippen molar-refractivity contribution >= 4 is 23.4 Å². The second-order valence-corrected chi connectivity index (χ2v) is 7.73. The molecule has 2 heterocycles. The Balaban J connectivity index is 0.000000351. The molecule has 9 nitrogen and oxygen atoms in total. The summed E-state index contributed by atoms with van der Waals surface area (Å²) in [6, 6.07) is 10.9. The third-order valence-electron chi connectivity index (χ3n) is 4.94. The van der Waals surface area contributed by atoms with Gasteiger partial charge in [-0.2, -0.15) is 4.57 Å². The number of nitrogens with one attached hydrogen (secondary N) is 1. The zero-order chi connectivity index (χ0) is 25.8. The maximum absolute atomic E-state index is 11.5. The lowest BCUT2D eigenvalue weighted by Crippen LogP contribution is -3.00. The van der Waals surface area contributed by atoms with Crippen molar-refractivity contribution in [1.82, 2.24) is 9.97 Å². The number of carbonyl (C=O) groups is 2. The van der Waals surface area contributed by atoms with Crippen LogP contribution in [0.1, 0.15) is 54.6 Å². The van der Waals surface area contributed by atoms with Gasteiger partial charge in [0.05, 0.1) is 19.3 Å². The lowest BCUT2D eigenvalue weighted by Gasteiger charge is -2.10. The summed E-state index contributed by atoms with van der Waals surface area (Å²) in [4.78, 5) is 31.1. The normalized spacial score (nSPS) is 9.81. The molecular weight excluding hydrogens is 482 g/mol. The number of benzene rings is 1. The number of halogens is 1. The van der Waals surface area contributed by atoms with Crippen LogP contribution in [0.2, 0.25) is 0 Å². The van der Waals surface area contributed by atoms with Gasteiger partial charge >= 0.3 is 5.97 Å². The minimum Gasteiger partial charge on any atom is -1.00 e. The smallest absolute Gasteiger partial charge is 0.341 e. The van der Waals surface area contributed by atoms with Crippen LogP contribution in [0.15, 0.2) is 48.8 Å². The molecule has 194 valence electrons. The zero-order valence-corrected chi connectivity index (χ0v) is 22.1. The lowest BCUT2D eigenvalue weighted by atomic mass is 10.2. The number of esters is 1. The summed E-state index contributed by atoms with van der Waals surface area (Å²) in [6.45, 7) is 8.54. The van der Waals surface area contributed by atoms with E-state index in [0.717, 1.165) is 24.2 Å². The maximum Gasteiger partial charge on any atom is 0.341 e. The molecule has 36 heavy (non-hydrogen) atoms. The standard InChI is InChI=1S/C14H19N4.C12H15NO4.ClH/c1-3-6-13-16-9-12(14(15)17-13)10-18-8-5-4-7-11(18)2;1-4-17-11-7-9(13-8(2)14)5-6-10(11)12(15)16-3;/h4-5,7-9H,3,6,10H2,1-2H3,(H2,15,16,17);5-7H,4H2,1-3H3,(H,13,14);1H/q+1;;/p-1. The molecule has 0 aliphatic rings. The van der Waals surface area contributed by atoms with Crippen molar-refractivity contribution in [3.63, 3.8) is 0 Å². The Labute approximate surface area is 218 Å². The first-order chi connectivity index (χ1) is 16.8. The Morgan fingerprint density at radius 1 is 1.17 bits per heavy atom. The third kappa shape index (κ3) is 9.14. The number of nitrogens with two attached hydrogens (primary N) is 1. The zero-order valence-electron chi connectivity index (χ0n) is 21.4. The van der Waals surface area contributed by atoms with E-state index in [1.54, 1.807) is 18.2 Å². The number of hydrogen-bond donors (Lipinski definition) is 2. The number of hydrogen-bond acceptors (Lipinski definition) is 7. The molecule has 0 aliphatic carbocycles. The fourth-order valence-electron chi connectivity index (χ4n) is 3.20. The van der Waals surface area contributed by atoms with E-state index >= 15 is 0 Å². The van der Waals surface area contributed by atoms with Crippen LogP contribution < -0.4 is 32.8 Å². The van der Waals surface area contributed by atoms with Crippen LogP contribution in [-0.2, 0) is 22.5 Å². The van der Waals surface area contributed by atoms with Crippen LogP contribution in [0.5, 0.6) is 5.75 Å². The van der Waals surface area contributed by atoms with Crippen molar-refractivity contribution in [2.24, 2.45) is 0 Å². The van der Waals surface area contributed by atoms with Gasteiger partial charge in [0.2, 0.25) is 5.91 Å². The van der Waals surface area contributed by atoms with Gasteiger partial charge in [-0.1, -0.05) is 13.0 Å². The van der Waals surface area contributed by atoms with E-state index in [9.17, 15) is 9.59 Å². The fourth-order valence-corrected chi connectivity index (χ4v) is 3.20. The summed E-state index contributed by atoms with van der Waals surface area (Å²) in [6.07, 6.45) is 5.79. The number of anilines is 2. The van der Waals surface area contributed by atoms with Crippen LogP contribution in [0.25, 0.3) is 0 Å². The number of nitrogens with zero attached hydrogens (tertiary/aromatic N) is 3. The Morgan fingerprint density at radius 2 is 1.92 bits per heavy atom. The van der Waals surface area contributed by atoms with Gasteiger partial charge < -0.3 is 32.9 Å². The summed E-state index contributed by atoms with van der Waals surface area (Å²) in [7, 11) is 1.31. The van der Waals surface area contributed by atoms with Gasteiger partial charge in [0.1, 0.15) is 23.0 Å². The van der Waals surface area contributed by atoms with E-state index in [1.165, 1.54) is 19.7 Å². The number of aromatic nitrogens is 3. The van der Waals surface area contributed by atoms with E-state index in [0.29, 0.717) is 36.0 Å². The molecule has 0 radical (unpaired) electrons. The number of amides is 1. The van der Waals surface area contributed by atoms with Crippen LogP contribution >= 0.6 is 0 Å². The highest BCUT2D eigenvalue weighted by Gasteiger charge is 2.14. The molecule has 1 amide bonds. The first-order valence-electron chi connectivity index (χ1n) is 11.5. The first kappa shape index (κ1) is 30.3. The van der Waals surface area contributed by atoms with Gasteiger partial charge in [0.25, 0.3) is 0 Å². The molecule has 1 aromatic carbocycles. The molecule has 0 unspecified atom stereocenters. The van der Waals surface area contributed by atoms with Gasteiger partial charge in [-0.15, -0.1) is 0 Å². The number of methoxy groups -OCH3 is 1. The monoisotopic (exact) mass is 515 g/mol. The van der Waals surface area contributed by atoms with Crippen molar-refractivity contribution in [3.05, 3.63) is 71.4 Å². The predicted octanol–water partition coefficient (Wildman–Crippen LogP) is 0.490. The third-order valence-corrected chi connectivity index (χ3v) is 4.94. The SMILES string of the molecule is CCCc1ncc(C[n+]2ccccc2C)c(N)n1.CCOc1cc(NC(C)=O)ccc1C(=O)OC.[Cl-]. The molecule has 2 aromatic heterocycles. The first-order valence-corrected chi connectivity index (χ1v) is 11.5. The second kappa shape index (κ2) is 15.3. The quantitative estimate of drug-likeness (QED) is 0.331. The van der Waals surface area contributed by atoms with Crippen molar-refractivity contribution < 1.29 is 36.0 Å². The predicted molar refractivity (Wildman–Crippen MR) is 134 cm³/mol. The molecule has 3 rings (SSSR count). The Hall–Kier alpha value is -3.72. The molecule has 0 saturated carbocycles. The summed E-state index contributed by atoms with van der Waals surface area (Å²) < 4.78 is 12.1. The maximum atomic E-state index is 11.5. The van der Waals surface area contributed by atoms with Crippen molar-refractivity contribution in [2.75, 3.05) is 24.8 Å². The highest BCUT2D eigenvalue weighted by Crippen LogP contribution is 2.24. The van der Waals surface area contributed by atoms with E-state index in [4.69, 9.17) is 10.5 Å². The largest absolute Gasteiger partial charge is 1.00 e. The molecule has 0 fully saturated rings. The number of aryl methyl sites for hydroxylation is 2. The molecule has 0 aliphatic heterocycles. The van der Waals surface area contributed by atoms with Crippen LogP contribution in [0.4, 0.5) is 11.5 Å². The summed E-state index contributed by atoms with van der Waals surface area (Å²) in [5.74, 6) is 1.16. The summed E-state index contributed by atoms with van der Waals surface area (Å²) in [5, 5.41) is 2.62. The van der Waals surface area contributed by atoms with E-state index in [-0.39, 0.29) is 18.3 Å². The van der Waals surface area contributed by atoms with E-state index in [1.807, 2.05) is 31.5 Å². The number of rotatable bonds is 8. The molecule has 3 N–H and O–H groups in total. The molecule has 10 heteroatoms.